The highest BCUT2D eigenvalue weighted by Crippen LogP contribution is 2.55. The number of para-hydroxylation sites is 1. The van der Waals surface area contributed by atoms with E-state index in [0.717, 1.165) is 10.1 Å². The summed E-state index contributed by atoms with van der Waals surface area (Å²) >= 11 is 7.48. The van der Waals surface area contributed by atoms with Gasteiger partial charge in [0.2, 0.25) is 19.2 Å². The first-order valence-corrected chi connectivity index (χ1v) is 11.5. The molecule has 2 aromatic carbocycles. The first-order valence-electron chi connectivity index (χ1n) is 8.09. The van der Waals surface area contributed by atoms with Crippen molar-refractivity contribution >= 4 is 63.2 Å². The van der Waals surface area contributed by atoms with E-state index < -0.39 is 18.9 Å². The smallest absolute Gasteiger partial charge is 0.244 e. The van der Waals surface area contributed by atoms with E-state index in [1.165, 1.54) is 18.0 Å². The molecule has 5 nitrogen and oxygen atoms in total. The van der Waals surface area contributed by atoms with Gasteiger partial charge in [0.05, 0.1) is 0 Å². The standard InChI is InChI=1S/C19H15ClNO4PS/c1-26(23,24)18(14-10-27-16-7-6-12(20)9-13(14)16)19(22)21-17-8-11-4-2-3-5-15(11)25-17/h2-10,18H,1H3,(H,21,22)(H,23,24). The minimum atomic E-state index is -3.80. The second-order valence-electron chi connectivity index (χ2n) is 6.32. The van der Waals surface area contributed by atoms with Crippen LogP contribution in [0.4, 0.5) is 5.88 Å². The maximum atomic E-state index is 12.9. The van der Waals surface area contributed by atoms with E-state index in [4.69, 9.17) is 16.0 Å². The summed E-state index contributed by atoms with van der Waals surface area (Å²) in [6.07, 6.45) is 0. The molecule has 0 aliphatic heterocycles. The molecule has 0 radical (unpaired) electrons. The summed E-state index contributed by atoms with van der Waals surface area (Å²) in [5, 5.41) is 6.41. The Morgan fingerprint density at radius 2 is 2.04 bits per heavy atom. The molecule has 0 saturated heterocycles. The Morgan fingerprint density at radius 3 is 2.78 bits per heavy atom. The molecular formula is C19H15ClNO4PS. The highest BCUT2D eigenvalue weighted by molar-refractivity contribution is 7.58. The monoisotopic (exact) mass is 419 g/mol. The number of carbonyl (C=O) groups is 1. The third kappa shape index (κ3) is 3.54. The Labute approximate surface area is 164 Å². The third-order valence-corrected chi connectivity index (χ3v) is 6.95. The first-order chi connectivity index (χ1) is 12.8. The van der Waals surface area contributed by atoms with Crippen LogP contribution in [0.2, 0.25) is 5.02 Å². The molecule has 27 heavy (non-hydrogen) atoms. The molecule has 0 aliphatic rings. The van der Waals surface area contributed by atoms with Crippen LogP contribution in [0.15, 0.2) is 58.3 Å². The average molecular weight is 420 g/mol. The van der Waals surface area contributed by atoms with Crippen LogP contribution >= 0.6 is 30.3 Å². The van der Waals surface area contributed by atoms with Crippen LogP contribution in [0.3, 0.4) is 0 Å². The van der Waals surface area contributed by atoms with Gasteiger partial charge in [0.1, 0.15) is 11.2 Å². The van der Waals surface area contributed by atoms with E-state index >= 15 is 0 Å². The minimum absolute atomic E-state index is 0.234. The van der Waals surface area contributed by atoms with Crippen LogP contribution in [0.25, 0.3) is 21.1 Å². The van der Waals surface area contributed by atoms with Crippen molar-refractivity contribution in [3.8, 4) is 0 Å². The molecule has 1 amide bonds. The van der Waals surface area contributed by atoms with Gasteiger partial charge in [-0.3, -0.25) is 14.7 Å². The zero-order valence-corrected chi connectivity index (χ0v) is 16.6. The average Bonchev–Trinajstić information content (AvgIpc) is 3.17. The van der Waals surface area contributed by atoms with Crippen molar-refractivity contribution in [1.82, 2.24) is 0 Å². The number of anilines is 1. The molecule has 2 heterocycles. The fourth-order valence-electron chi connectivity index (χ4n) is 3.08. The fourth-order valence-corrected chi connectivity index (χ4v) is 5.55. The van der Waals surface area contributed by atoms with Crippen molar-refractivity contribution in [3.63, 3.8) is 0 Å². The van der Waals surface area contributed by atoms with Crippen molar-refractivity contribution < 1.29 is 18.7 Å². The van der Waals surface area contributed by atoms with Gasteiger partial charge in [-0.05, 0) is 40.6 Å². The Morgan fingerprint density at radius 1 is 1.26 bits per heavy atom. The maximum absolute atomic E-state index is 12.9. The topological polar surface area (TPSA) is 79.5 Å². The molecule has 0 fully saturated rings. The molecule has 4 rings (SSSR count). The molecule has 2 unspecified atom stereocenters. The fraction of sp³-hybridized carbons (Fsp3) is 0.105. The highest BCUT2D eigenvalue weighted by Gasteiger charge is 2.36. The number of furan rings is 1. The molecule has 2 atom stereocenters. The number of hydrogen-bond donors (Lipinski definition) is 2. The van der Waals surface area contributed by atoms with E-state index in [1.807, 2.05) is 24.3 Å². The maximum Gasteiger partial charge on any atom is 0.244 e. The van der Waals surface area contributed by atoms with E-state index in [1.54, 1.807) is 29.6 Å². The quantitative estimate of drug-likeness (QED) is 0.405. The molecule has 4 aromatic rings. The van der Waals surface area contributed by atoms with Gasteiger partial charge in [0.15, 0.2) is 0 Å². The van der Waals surface area contributed by atoms with Crippen molar-refractivity contribution in [2.75, 3.05) is 12.0 Å². The second kappa shape index (κ2) is 6.80. The summed E-state index contributed by atoms with van der Waals surface area (Å²) < 4.78 is 19.1. The molecular weight excluding hydrogens is 405 g/mol. The molecule has 8 heteroatoms. The van der Waals surface area contributed by atoms with Gasteiger partial charge >= 0.3 is 0 Å². The lowest BCUT2D eigenvalue weighted by atomic mass is 10.1. The van der Waals surface area contributed by atoms with Crippen LogP contribution in [0.1, 0.15) is 11.2 Å². The largest absolute Gasteiger partial charge is 0.440 e. The summed E-state index contributed by atoms with van der Waals surface area (Å²) in [5.74, 6) is -0.362. The second-order valence-corrected chi connectivity index (χ2v) is 10.1. The number of amides is 1. The minimum Gasteiger partial charge on any atom is -0.440 e. The summed E-state index contributed by atoms with van der Waals surface area (Å²) in [7, 11) is -3.80. The lowest BCUT2D eigenvalue weighted by Gasteiger charge is -2.18. The van der Waals surface area contributed by atoms with E-state index in [-0.39, 0.29) is 5.88 Å². The number of benzene rings is 2. The third-order valence-electron chi connectivity index (χ3n) is 4.26. The van der Waals surface area contributed by atoms with Crippen molar-refractivity contribution in [3.05, 3.63) is 64.5 Å². The van der Waals surface area contributed by atoms with Crippen LogP contribution in [0.5, 0.6) is 0 Å². The highest BCUT2D eigenvalue weighted by atomic mass is 35.5. The van der Waals surface area contributed by atoms with Gasteiger partial charge in [-0.2, -0.15) is 0 Å². The predicted molar refractivity (Wildman–Crippen MR) is 110 cm³/mol. The van der Waals surface area contributed by atoms with Crippen molar-refractivity contribution in [2.24, 2.45) is 0 Å². The zero-order chi connectivity index (χ0) is 19.2. The normalized spacial score (nSPS) is 14.9. The Hall–Kier alpha value is -2.11. The van der Waals surface area contributed by atoms with Gasteiger partial charge < -0.3 is 9.31 Å². The molecule has 0 aliphatic carbocycles. The summed E-state index contributed by atoms with van der Waals surface area (Å²) in [5.41, 5.74) is -0.113. The molecule has 138 valence electrons. The van der Waals surface area contributed by atoms with Gasteiger partial charge in [-0.15, -0.1) is 11.3 Å². The van der Waals surface area contributed by atoms with Crippen LogP contribution in [0, 0.1) is 0 Å². The lowest BCUT2D eigenvalue weighted by Crippen LogP contribution is -2.20. The van der Waals surface area contributed by atoms with Crippen LogP contribution < -0.4 is 5.32 Å². The van der Waals surface area contributed by atoms with E-state index in [9.17, 15) is 14.3 Å². The zero-order valence-electron chi connectivity index (χ0n) is 14.2. The molecule has 0 saturated carbocycles. The summed E-state index contributed by atoms with van der Waals surface area (Å²) in [6.45, 7) is 1.18. The number of carbonyl (C=O) groups excluding carboxylic acids is 1. The van der Waals surface area contributed by atoms with E-state index in [0.29, 0.717) is 21.6 Å². The van der Waals surface area contributed by atoms with Gasteiger partial charge in [-0.1, -0.05) is 29.8 Å². The van der Waals surface area contributed by atoms with E-state index in [2.05, 4.69) is 5.32 Å². The molecule has 2 aromatic heterocycles. The molecule has 2 N–H and O–H groups in total. The Balaban J connectivity index is 1.74. The number of fused-ring (bicyclic) bond motifs is 2. The molecule has 0 spiro atoms. The number of thiophene rings is 1. The number of hydrogen-bond acceptors (Lipinski definition) is 4. The van der Waals surface area contributed by atoms with Crippen molar-refractivity contribution in [1.29, 1.82) is 0 Å². The number of halogens is 1. The van der Waals surface area contributed by atoms with Crippen molar-refractivity contribution in [2.45, 2.75) is 5.66 Å². The Bertz CT molecular complexity index is 1180. The summed E-state index contributed by atoms with van der Waals surface area (Å²) in [6, 6.07) is 14.3. The predicted octanol–water partition coefficient (Wildman–Crippen LogP) is 5.88. The number of nitrogens with one attached hydrogen (secondary N) is 1. The summed E-state index contributed by atoms with van der Waals surface area (Å²) in [4.78, 5) is 23.2. The van der Waals surface area contributed by atoms with Crippen LogP contribution in [-0.2, 0) is 9.36 Å². The van der Waals surface area contributed by atoms with Crippen LogP contribution in [-0.4, -0.2) is 17.5 Å². The Kier molecular flexibility index (Phi) is 4.60. The molecule has 0 bridgehead atoms. The lowest BCUT2D eigenvalue weighted by molar-refractivity contribution is -0.116. The number of rotatable bonds is 4. The van der Waals surface area contributed by atoms with Gasteiger partial charge in [-0.25, -0.2) is 0 Å². The SMILES string of the molecule is CP(=O)(O)C(C(=O)Nc1cc2ccccc2o1)c1csc2ccc(Cl)cc12. The first kappa shape index (κ1) is 18.3. The van der Waals surface area contributed by atoms with Gasteiger partial charge in [0.25, 0.3) is 0 Å². The van der Waals surface area contributed by atoms with Gasteiger partial charge in [0, 0.05) is 27.8 Å².